The molecule has 246 valence electrons. The highest BCUT2D eigenvalue weighted by atomic mass is 35.5. The lowest BCUT2D eigenvalue weighted by Crippen LogP contribution is -2.54. The predicted molar refractivity (Wildman–Crippen MR) is 183 cm³/mol. The van der Waals surface area contributed by atoms with Crippen LogP contribution in [0.15, 0.2) is 102 Å². The summed E-state index contributed by atoms with van der Waals surface area (Å²) >= 11 is 12.5. The van der Waals surface area contributed by atoms with Crippen molar-refractivity contribution in [2.75, 3.05) is 10.8 Å². The molecule has 0 heterocycles. The molecule has 4 aromatic rings. The van der Waals surface area contributed by atoms with Gasteiger partial charge in [-0.1, -0.05) is 90.1 Å². The van der Waals surface area contributed by atoms with Gasteiger partial charge in [0, 0.05) is 19.0 Å². The van der Waals surface area contributed by atoms with Crippen molar-refractivity contribution >= 4 is 50.7 Å². The SMILES string of the molecule is Cc1ccc(S(=O)(=O)N(CC(=O)N(Cc2ccc(Cl)c(Cl)c2)[C@@H](Cc2ccccc2)C(=O)NC2CCCC2)c2ccc(F)cc2)cc1. The highest BCUT2D eigenvalue weighted by Gasteiger charge is 2.35. The van der Waals surface area contributed by atoms with Crippen LogP contribution in [-0.4, -0.2) is 43.8 Å². The molecule has 0 aliphatic heterocycles. The molecule has 4 aromatic carbocycles. The zero-order valence-corrected chi connectivity index (χ0v) is 28.2. The summed E-state index contributed by atoms with van der Waals surface area (Å²) in [6.45, 7) is 1.14. The summed E-state index contributed by atoms with van der Waals surface area (Å²) in [5.74, 6) is -1.51. The number of halogens is 3. The molecule has 1 atom stereocenters. The molecule has 7 nitrogen and oxygen atoms in total. The first kappa shape index (κ1) is 34.4. The zero-order valence-electron chi connectivity index (χ0n) is 25.9. The zero-order chi connectivity index (χ0) is 33.6. The minimum atomic E-state index is -4.30. The molecule has 0 radical (unpaired) electrons. The number of aryl methyl sites for hydroxylation is 1. The Kier molecular flexibility index (Phi) is 11.2. The van der Waals surface area contributed by atoms with Gasteiger partial charge in [0.1, 0.15) is 18.4 Å². The molecule has 1 aliphatic carbocycles. The lowest BCUT2D eigenvalue weighted by atomic mass is 10.0. The van der Waals surface area contributed by atoms with Gasteiger partial charge in [-0.25, -0.2) is 12.8 Å². The molecule has 2 amide bonds. The van der Waals surface area contributed by atoms with E-state index in [0.717, 1.165) is 53.2 Å². The largest absolute Gasteiger partial charge is 0.352 e. The first-order chi connectivity index (χ1) is 22.5. The van der Waals surface area contributed by atoms with Gasteiger partial charge in [-0.15, -0.1) is 0 Å². The molecule has 0 bridgehead atoms. The van der Waals surface area contributed by atoms with Crippen molar-refractivity contribution in [1.29, 1.82) is 0 Å². The second kappa shape index (κ2) is 15.3. The number of nitrogens with zero attached hydrogens (tertiary/aromatic N) is 2. The molecule has 1 aliphatic rings. The average molecular weight is 697 g/mol. The lowest BCUT2D eigenvalue weighted by molar-refractivity contribution is -0.140. The van der Waals surface area contributed by atoms with Gasteiger partial charge in [0.15, 0.2) is 0 Å². The van der Waals surface area contributed by atoms with E-state index in [4.69, 9.17) is 23.2 Å². The van der Waals surface area contributed by atoms with Crippen LogP contribution in [0.4, 0.5) is 10.1 Å². The number of carbonyl (C=O) groups is 2. The number of hydrogen-bond donors (Lipinski definition) is 1. The minimum Gasteiger partial charge on any atom is -0.352 e. The maximum atomic E-state index is 14.6. The Morgan fingerprint density at radius 3 is 2.17 bits per heavy atom. The first-order valence-corrected chi connectivity index (χ1v) is 17.6. The van der Waals surface area contributed by atoms with Crippen molar-refractivity contribution in [3.05, 3.63) is 130 Å². The van der Waals surface area contributed by atoms with E-state index in [1.807, 2.05) is 37.3 Å². The van der Waals surface area contributed by atoms with E-state index in [1.54, 1.807) is 30.3 Å². The maximum Gasteiger partial charge on any atom is 0.264 e. The van der Waals surface area contributed by atoms with Crippen LogP contribution >= 0.6 is 23.2 Å². The summed E-state index contributed by atoms with van der Waals surface area (Å²) in [6, 6.07) is 24.4. The van der Waals surface area contributed by atoms with Gasteiger partial charge in [0.05, 0.1) is 20.6 Å². The van der Waals surface area contributed by atoms with Gasteiger partial charge in [0.2, 0.25) is 11.8 Å². The van der Waals surface area contributed by atoms with Gasteiger partial charge in [0.25, 0.3) is 10.0 Å². The minimum absolute atomic E-state index is 0.0136. The lowest BCUT2D eigenvalue weighted by Gasteiger charge is -2.34. The van der Waals surface area contributed by atoms with Crippen LogP contribution in [0.5, 0.6) is 0 Å². The highest BCUT2D eigenvalue weighted by Crippen LogP contribution is 2.28. The Hall–Kier alpha value is -3.92. The van der Waals surface area contributed by atoms with Gasteiger partial charge in [-0.3, -0.25) is 13.9 Å². The average Bonchev–Trinajstić information content (AvgIpc) is 3.57. The number of carbonyl (C=O) groups excluding carboxylic acids is 2. The van der Waals surface area contributed by atoms with Crippen molar-refractivity contribution < 1.29 is 22.4 Å². The van der Waals surface area contributed by atoms with Crippen LogP contribution in [-0.2, 0) is 32.6 Å². The van der Waals surface area contributed by atoms with E-state index in [0.29, 0.717) is 10.6 Å². The van der Waals surface area contributed by atoms with E-state index in [2.05, 4.69) is 5.32 Å². The van der Waals surface area contributed by atoms with Crippen molar-refractivity contribution in [2.45, 2.75) is 62.6 Å². The summed E-state index contributed by atoms with van der Waals surface area (Å²) in [7, 11) is -4.30. The third-order valence-corrected chi connectivity index (χ3v) is 10.8. The molecule has 0 unspecified atom stereocenters. The molecular formula is C36H36Cl2FN3O4S. The first-order valence-electron chi connectivity index (χ1n) is 15.4. The topological polar surface area (TPSA) is 86.8 Å². The van der Waals surface area contributed by atoms with Crippen LogP contribution < -0.4 is 9.62 Å². The molecule has 1 saturated carbocycles. The van der Waals surface area contributed by atoms with Crippen LogP contribution in [0.1, 0.15) is 42.4 Å². The van der Waals surface area contributed by atoms with E-state index >= 15 is 0 Å². The van der Waals surface area contributed by atoms with Gasteiger partial charge < -0.3 is 10.2 Å². The summed E-state index contributed by atoms with van der Waals surface area (Å²) < 4.78 is 43.1. The van der Waals surface area contributed by atoms with Gasteiger partial charge >= 0.3 is 0 Å². The Labute approximate surface area is 285 Å². The number of hydrogen-bond acceptors (Lipinski definition) is 4. The molecule has 0 saturated heterocycles. The summed E-state index contributed by atoms with van der Waals surface area (Å²) in [4.78, 5) is 30.0. The molecule has 0 spiro atoms. The molecule has 47 heavy (non-hydrogen) atoms. The normalized spacial score (nSPS) is 14.0. The standard InChI is InChI=1S/C36H36Cl2FN3O4S/c1-25-11-18-31(19-12-25)47(45,46)42(30-16-14-28(39)15-17-30)24-35(43)41(23-27-13-20-32(37)33(38)21-27)34(22-26-7-3-2-4-8-26)36(44)40-29-9-5-6-10-29/h2-4,7-8,11-21,29,34H,5-6,9-10,22-24H2,1H3,(H,40,44)/t34-/m0/s1. The number of sulfonamides is 1. The number of rotatable bonds is 12. The number of nitrogens with one attached hydrogen (secondary N) is 1. The second-order valence-electron chi connectivity index (χ2n) is 11.8. The second-order valence-corrected chi connectivity index (χ2v) is 14.4. The van der Waals surface area contributed by atoms with Crippen LogP contribution in [0.2, 0.25) is 10.0 Å². The Bertz CT molecular complexity index is 1800. The summed E-state index contributed by atoms with van der Waals surface area (Å²) in [5, 5.41) is 3.75. The number of benzene rings is 4. The fourth-order valence-electron chi connectivity index (χ4n) is 5.73. The highest BCUT2D eigenvalue weighted by molar-refractivity contribution is 7.92. The molecule has 5 rings (SSSR count). The molecule has 1 fully saturated rings. The van der Waals surface area contributed by atoms with E-state index in [-0.39, 0.29) is 40.5 Å². The fourth-order valence-corrected chi connectivity index (χ4v) is 7.46. The number of amides is 2. The monoisotopic (exact) mass is 695 g/mol. The van der Waals surface area contributed by atoms with Crippen LogP contribution in [0.3, 0.4) is 0 Å². The van der Waals surface area contributed by atoms with Crippen molar-refractivity contribution in [3.8, 4) is 0 Å². The van der Waals surface area contributed by atoms with Crippen LogP contribution in [0, 0.1) is 12.7 Å². The maximum absolute atomic E-state index is 14.6. The Morgan fingerprint density at radius 1 is 0.872 bits per heavy atom. The third kappa shape index (κ3) is 8.71. The summed E-state index contributed by atoms with van der Waals surface area (Å²) in [5.41, 5.74) is 2.39. The Balaban J connectivity index is 1.57. The van der Waals surface area contributed by atoms with Crippen LogP contribution in [0.25, 0.3) is 0 Å². The molecular weight excluding hydrogens is 660 g/mol. The van der Waals surface area contributed by atoms with Gasteiger partial charge in [-0.2, -0.15) is 0 Å². The Morgan fingerprint density at radius 2 is 1.53 bits per heavy atom. The smallest absolute Gasteiger partial charge is 0.264 e. The summed E-state index contributed by atoms with van der Waals surface area (Å²) in [6.07, 6.45) is 3.89. The number of anilines is 1. The van der Waals surface area contributed by atoms with Crippen molar-refractivity contribution in [3.63, 3.8) is 0 Å². The molecule has 1 N–H and O–H groups in total. The molecule has 0 aromatic heterocycles. The van der Waals surface area contributed by atoms with Gasteiger partial charge in [-0.05, 0) is 79.4 Å². The predicted octanol–water partition coefficient (Wildman–Crippen LogP) is 7.34. The van der Waals surface area contributed by atoms with Crippen molar-refractivity contribution in [2.24, 2.45) is 0 Å². The quantitative estimate of drug-likeness (QED) is 0.168. The fraction of sp³-hybridized carbons (Fsp3) is 0.278. The van der Waals surface area contributed by atoms with E-state index < -0.39 is 34.3 Å². The third-order valence-electron chi connectivity index (χ3n) is 8.31. The van der Waals surface area contributed by atoms with E-state index in [9.17, 15) is 22.4 Å². The van der Waals surface area contributed by atoms with Crippen molar-refractivity contribution in [1.82, 2.24) is 10.2 Å². The molecule has 11 heteroatoms. The van der Waals surface area contributed by atoms with E-state index in [1.165, 1.54) is 29.2 Å².